The fourth-order valence-corrected chi connectivity index (χ4v) is 2.18. The smallest absolute Gasteiger partial charge is 0.269 e. The van der Waals surface area contributed by atoms with Crippen LogP contribution in [0.5, 0.6) is 0 Å². The maximum atomic E-state index is 10.9. The first-order chi connectivity index (χ1) is 8.53. The average molecular weight is 249 g/mol. The van der Waals surface area contributed by atoms with E-state index in [4.69, 9.17) is 5.73 Å². The summed E-state index contributed by atoms with van der Waals surface area (Å²) in [4.78, 5) is 13.1. The number of hydrogen-bond donors (Lipinski definition) is 2. The van der Waals surface area contributed by atoms with Crippen molar-refractivity contribution < 1.29 is 4.79 Å². The van der Waals surface area contributed by atoms with E-state index < -0.39 is 5.91 Å². The molecule has 0 bridgehead atoms. The van der Waals surface area contributed by atoms with Gasteiger partial charge in [0.1, 0.15) is 5.82 Å². The number of aromatic nitrogens is 2. The molecule has 6 heteroatoms. The normalized spacial score (nSPS) is 17.3. The number of carbonyl (C=O) groups is 1. The van der Waals surface area contributed by atoms with Crippen LogP contribution in [0.3, 0.4) is 0 Å². The third kappa shape index (κ3) is 2.43. The van der Waals surface area contributed by atoms with Gasteiger partial charge in [-0.2, -0.15) is 0 Å². The zero-order valence-electron chi connectivity index (χ0n) is 10.8. The van der Waals surface area contributed by atoms with Crippen LogP contribution in [0.4, 0.5) is 5.82 Å². The minimum atomic E-state index is -0.558. The molecular formula is C12H19N5O. The molecule has 1 fully saturated rings. The molecule has 2 rings (SSSR count). The largest absolute Gasteiger partial charge is 0.367 e. The number of carbonyl (C=O) groups excluding carboxylic acids is 1. The standard InChI is InChI=1S/C12H19N5O/c1-17(2)12(6-3-7-12)8-14-10-5-4-9(11(13)18)15-16-10/h4-5H,3,6-8H2,1-2H3,(H2,13,18)(H,14,16). The van der Waals surface area contributed by atoms with Crippen LogP contribution in [-0.2, 0) is 0 Å². The molecule has 0 unspecified atom stereocenters. The van der Waals surface area contributed by atoms with Gasteiger partial charge in [0.25, 0.3) is 5.91 Å². The van der Waals surface area contributed by atoms with Crippen molar-refractivity contribution in [3.63, 3.8) is 0 Å². The number of nitrogens with zero attached hydrogens (tertiary/aromatic N) is 3. The third-order valence-corrected chi connectivity index (χ3v) is 3.75. The second-order valence-corrected chi connectivity index (χ2v) is 4.99. The molecule has 98 valence electrons. The van der Waals surface area contributed by atoms with Crippen LogP contribution in [0, 0.1) is 0 Å². The maximum absolute atomic E-state index is 10.9. The second-order valence-electron chi connectivity index (χ2n) is 4.99. The summed E-state index contributed by atoms with van der Waals surface area (Å²) in [5, 5.41) is 11.0. The van der Waals surface area contributed by atoms with Crippen molar-refractivity contribution in [3.8, 4) is 0 Å². The lowest BCUT2D eigenvalue weighted by atomic mass is 9.75. The van der Waals surface area contributed by atoms with Gasteiger partial charge in [-0.15, -0.1) is 10.2 Å². The third-order valence-electron chi connectivity index (χ3n) is 3.75. The SMILES string of the molecule is CN(C)C1(CNc2ccc(C(N)=O)nn2)CCC1. The summed E-state index contributed by atoms with van der Waals surface area (Å²) in [7, 11) is 4.20. The molecule has 1 aromatic heterocycles. The first-order valence-electron chi connectivity index (χ1n) is 6.08. The number of amides is 1. The Morgan fingerprint density at radius 1 is 1.44 bits per heavy atom. The molecule has 1 saturated carbocycles. The molecule has 3 N–H and O–H groups in total. The van der Waals surface area contributed by atoms with E-state index >= 15 is 0 Å². The van der Waals surface area contributed by atoms with Crippen LogP contribution in [0.2, 0.25) is 0 Å². The van der Waals surface area contributed by atoms with E-state index in [1.54, 1.807) is 12.1 Å². The zero-order valence-corrected chi connectivity index (χ0v) is 10.8. The Labute approximate surface area is 107 Å². The van der Waals surface area contributed by atoms with Gasteiger partial charge in [0.2, 0.25) is 0 Å². The van der Waals surface area contributed by atoms with Crippen molar-refractivity contribution >= 4 is 11.7 Å². The van der Waals surface area contributed by atoms with Crippen LogP contribution in [0.25, 0.3) is 0 Å². The second kappa shape index (κ2) is 4.89. The fourth-order valence-electron chi connectivity index (χ4n) is 2.18. The van der Waals surface area contributed by atoms with Crippen LogP contribution in [-0.4, -0.2) is 47.2 Å². The summed E-state index contributed by atoms with van der Waals surface area (Å²) in [6.07, 6.45) is 3.66. The van der Waals surface area contributed by atoms with E-state index in [2.05, 4.69) is 34.5 Å². The van der Waals surface area contributed by atoms with E-state index in [9.17, 15) is 4.79 Å². The lowest BCUT2D eigenvalue weighted by Crippen LogP contribution is -2.54. The van der Waals surface area contributed by atoms with Gasteiger partial charge in [-0.05, 0) is 45.5 Å². The molecule has 0 saturated heterocycles. The summed E-state index contributed by atoms with van der Waals surface area (Å²) in [5.41, 5.74) is 5.52. The zero-order chi connectivity index (χ0) is 13.2. The monoisotopic (exact) mass is 249 g/mol. The van der Waals surface area contributed by atoms with E-state index in [0.717, 1.165) is 6.54 Å². The lowest BCUT2D eigenvalue weighted by molar-refractivity contribution is 0.0738. The van der Waals surface area contributed by atoms with Crippen molar-refractivity contribution in [2.75, 3.05) is 26.0 Å². The summed E-state index contributed by atoms with van der Waals surface area (Å²) in [6.45, 7) is 0.838. The molecule has 1 heterocycles. The Hall–Kier alpha value is -1.69. The Bertz CT molecular complexity index is 425. The van der Waals surface area contributed by atoms with Crippen LogP contribution in [0.1, 0.15) is 29.8 Å². The topological polar surface area (TPSA) is 84.1 Å². The van der Waals surface area contributed by atoms with Crippen LogP contribution < -0.4 is 11.1 Å². The number of nitrogens with one attached hydrogen (secondary N) is 1. The van der Waals surface area contributed by atoms with Crippen molar-refractivity contribution in [1.29, 1.82) is 0 Å². The first-order valence-corrected chi connectivity index (χ1v) is 6.08. The van der Waals surface area contributed by atoms with E-state index in [-0.39, 0.29) is 11.2 Å². The highest BCUT2D eigenvalue weighted by Crippen LogP contribution is 2.36. The molecule has 1 aliphatic carbocycles. The van der Waals surface area contributed by atoms with Gasteiger partial charge in [0.05, 0.1) is 0 Å². The Morgan fingerprint density at radius 2 is 2.17 bits per heavy atom. The number of nitrogens with two attached hydrogens (primary N) is 1. The summed E-state index contributed by atoms with van der Waals surface area (Å²) >= 11 is 0. The van der Waals surface area contributed by atoms with E-state index in [0.29, 0.717) is 5.82 Å². The highest BCUT2D eigenvalue weighted by molar-refractivity contribution is 5.90. The van der Waals surface area contributed by atoms with E-state index in [1.807, 2.05) is 0 Å². The van der Waals surface area contributed by atoms with Crippen LogP contribution >= 0.6 is 0 Å². The van der Waals surface area contributed by atoms with Gasteiger partial charge in [0.15, 0.2) is 5.69 Å². The highest BCUT2D eigenvalue weighted by atomic mass is 16.1. The van der Waals surface area contributed by atoms with Crippen LogP contribution in [0.15, 0.2) is 12.1 Å². The Balaban J connectivity index is 1.96. The Morgan fingerprint density at radius 3 is 2.56 bits per heavy atom. The summed E-state index contributed by atoms with van der Waals surface area (Å²) in [6, 6.07) is 3.32. The maximum Gasteiger partial charge on any atom is 0.269 e. The number of rotatable bonds is 5. The molecule has 1 aromatic rings. The number of hydrogen-bond acceptors (Lipinski definition) is 5. The van der Waals surface area contributed by atoms with Gasteiger partial charge in [-0.1, -0.05) is 0 Å². The molecule has 0 radical (unpaired) electrons. The summed E-state index contributed by atoms with van der Waals surface area (Å²) in [5.74, 6) is 0.117. The molecule has 6 nitrogen and oxygen atoms in total. The minimum Gasteiger partial charge on any atom is -0.367 e. The van der Waals surface area contributed by atoms with Crippen molar-refractivity contribution in [2.45, 2.75) is 24.8 Å². The highest BCUT2D eigenvalue weighted by Gasteiger charge is 2.38. The molecule has 0 aliphatic heterocycles. The Kier molecular flexibility index (Phi) is 3.47. The average Bonchev–Trinajstić information content (AvgIpc) is 2.27. The number of primary amides is 1. The van der Waals surface area contributed by atoms with E-state index in [1.165, 1.54) is 19.3 Å². The summed E-state index contributed by atoms with van der Waals surface area (Å²) < 4.78 is 0. The van der Waals surface area contributed by atoms with Crippen molar-refractivity contribution in [2.24, 2.45) is 5.73 Å². The molecule has 18 heavy (non-hydrogen) atoms. The first kappa shape index (κ1) is 12.8. The number of likely N-dealkylation sites (N-methyl/N-ethyl adjacent to an activating group) is 1. The van der Waals surface area contributed by atoms with Gasteiger partial charge in [-0.3, -0.25) is 4.79 Å². The minimum absolute atomic E-state index is 0.187. The predicted octanol–water partition coefficient (Wildman–Crippen LogP) is 0.472. The van der Waals surface area contributed by atoms with Gasteiger partial charge in [0, 0.05) is 12.1 Å². The lowest BCUT2D eigenvalue weighted by Gasteiger charge is -2.47. The molecule has 1 amide bonds. The number of anilines is 1. The molecule has 0 aromatic carbocycles. The van der Waals surface area contributed by atoms with Crippen molar-refractivity contribution in [3.05, 3.63) is 17.8 Å². The van der Waals surface area contributed by atoms with Crippen molar-refractivity contribution in [1.82, 2.24) is 15.1 Å². The van der Waals surface area contributed by atoms with Gasteiger partial charge >= 0.3 is 0 Å². The molecular weight excluding hydrogens is 230 g/mol. The molecule has 1 aliphatic rings. The van der Waals surface area contributed by atoms with Gasteiger partial charge in [-0.25, -0.2) is 0 Å². The molecule has 0 spiro atoms. The quantitative estimate of drug-likeness (QED) is 0.792. The van der Waals surface area contributed by atoms with Gasteiger partial charge < -0.3 is 16.0 Å². The predicted molar refractivity (Wildman–Crippen MR) is 69.3 cm³/mol. The molecule has 0 atom stereocenters. The fraction of sp³-hybridized carbons (Fsp3) is 0.583.